The average molecular weight is 310 g/mol. The number of nitrogens with two attached hydrogens (primary N) is 1. The lowest BCUT2D eigenvalue weighted by Crippen LogP contribution is -2.38. The van der Waals surface area contributed by atoms with Gasteiger partial charge in [-0.2, -0.15) is 0 Å². The maximum Gasteiger partial charge on any atom is 0.123 e. The van der Waals surface area contributed by atoms with Crippen molar-refractivity contribution in [1.29, 1.82) is 0 Å². The summed E-state index contributed by atoms with van der Waals surface area (Å²) in [5.74, 6) is 1.06. The second-order valence-electron chi connectivity index (χ2n) is 5.86. The minimum Gasteiger partial charge on any atom is -0.494 e. The number of rotatable bonds is 7. The topological polar surface area (TPSA) is 58.7 Å². The van der Waals surface area contributed by atoms with Crippen LogP contribution in [0.25, 0.3) is 0 Å². The summed E-state index contributed by atoms with van der Waals surface area (Å²) < 4.78 is 19.3. The zero-order valence-electron chi connectivity index (χ0n) is 13.3. The molecule has 1 unspecified atom stereocenters. The molecule has 0 spiro atoms. The summed E-state index contributed by atoms with van der Waals surface area (Å²) in [6, 6.07) is 4.71. The van der Waals surface area contributed by atoms with Gasteiger partial charge < -0.3 is 20.5 Å². The van der Waals surface area contributed by atoms with E-state index >= 15 is 0 Å². The van der Waals surface area contributed by atoms with Gasteiger partial charge in [0, 0.05) is 18.0 Å². The first-order valence-electron chi connectivity index (χ1n) is 8.15. The number of hydrogen-bond donors (Lipinski definition) is 2. The summed E-state index contributed by atoms with van der Waals surface area (Å²) in [4.78, 5) is 2.26. The molecule has 1 atom stereocenters. The van der Waals surface area contributed by atoms with E-state index in [1.54, 1.807) is 12.1 Å². The number of halogens is 1. The number of nitrogens with zero attached hydrogens (tertiary/aromatic N) is 1. The highest BCUT2D eigenvalue weighted by Gasteiger charge is 2.28. The Hall–Kier alpha value is -1.17. The SMILES string of the molecule is CCOc1ccc(F)cc1C(CN)C1CCN(CCO)CC1. The van der Waals surface area contributed by atoms with Crippen LogP contribution >= 0.6 is 0 Å². The second kappa shape index (κ2) is 8.46. The Balaban J connectivity index is 2.13. The summed E-state index contributed by atoms with van der Waals surface area (Å²) in [7, 11) is 0. The smallest absolute Gasteiger partial charge is 0.123 e. The molecule has 5 heteroatoms. The molecular weight excluding hydrogens is 283 g/mol. The van der Waals surface area contributed by atoms with Crippen molar-refractivity contribution in [1.82, 2.24) is 4.90 Å². The number of aliphatic hydroxyl groups is 1. The van der Waals surface area contributed by atoms with Crippen LogP contribution in [-0.2, 0) is 0 Å². The first-order chi connectivity index (χ1) is 10.7. The fourth-order valence-electron chi connectivity index (χ4n) is 3.39. The van der Waals surface area contributed by atoms with E-state index in [0.29, 0.717) is 19.1 Å². The van der Waals surface area contributed by atoms with Crippen molar-refractivity contribution in [2.45, 2.75) is 25.7 Å². The maximum absolute atomic E-state index is 13.7. The van der Waals surface area contributed by atoms with Crippen LogP contribution in [0.4, 0.5) is 4.39 Å². The van der Waals surface area contributed by atoms with Crippen molar-refractivity contribution >= 4 is 0 Å². The standard InChI is InChI=1S/C17H27FN2O2/c1-2-22-17-4-3-14(18)11-15(17)16(12-19)13-5-7-20(8-6-13)9-10-21/h3-4,11,13,16,21H,2,5-10,12,19H2,1H3. The largest absolute Gasteiger partial charge is 0.494 e. The van der Waals surface area contributed by atoms with Gasteiger partial charge in [-0.15, -0.1) is 0 Å². The molecule has 0 amide bonds. The van der Waals surface area contributed by atoms with Crippen LogP contribution in [0.3, 0.4) is 0 Å². The third-order valence-corrected chi connectivity index (χ3v) is 4.54. The molecular formula is C17H27FN2O2. The molecule has 0 radical (unpaired) electrons. The Bertz CT molecular complexity index is 462. The van der Waals surface area contributed by atoms with Crippen LogP contribution in [0.15, 0.2) is 18.2 Å². The van der Waals surface area contributed by atoms with Gasteiger partial charge in [0.05, 0.1) is 13.2 Å². The fourth-order valence-corrected chi connectivity index (χ4v) is 3.39. The third-order valence-electron chi connectivity index (χ3n) is 4.54. The molecule has 3 N–H and O–H groups in total. The van der Waals surface area contributed by atoms with Crippen LogP contribution in [0.1, 0.15) is 31.2 Å². The van der Waals surface area contributed by atoms with Crippen molar-refractivity contribution in [3.8, 4) is 5.75 Å². The van der Waals surface area contributed by atoms with Crippen molar-refractivity contribution in [2.24, 2.45) is 11.7 Å². The molecule has 1 heterocycles. The summed E-state index contributed by atoms with van der Waals surface area (Å²) in [6.45, 7) is 5.83. The van der Waals surface area contributed by atoms with E-state index in [9.17, 15) is 4.39 Å². The van der Waals surface area contributed by atoms with Crippen LogP contribution < -0.4 is 10.5 Å². The lowest BCUT2D eigenvalue weighted by molar-refractivity contribution is 0.138. The van der Waals surface area contributed by atoms with Crippen LogP contribution in [0.2, 0.25) is 0 Å². The minimum absolute atomic E-state index is 0.119. The first-order valence-corrected chi connectivity index (χ1v) is 8.15. The highest BCUT2D eigenvalue weighted by molar-refractivity contribution is 5.37. The number of β-amino-alcohol motifs (C(OH)–C–C–N with tert-alkyl or cyclic N) is 1. The highest BCUT2D eigenvalue weighted by Crippen LogP contribution is 2.37. The van der Waals surface area contributed by atoms with Gasteiger partial charge in [0.25, 0.3) is 0 Å². The monoisotopic (exact) mass is 310 g/mol. The van der Waals surface area contributed by atoms with Gasteiger partial charge in [0.2, 0.25) is 0 Å². The lowest BCUT2D eigenvalue weighted by Gasteiger charge is -2.36. The molecule has 0 aromatic heterocycles. The first kappa shape index (κ1) is 17.2. The van der Waals surface area contributed by atoms with E-state index in [2.05, 4.69) is 4.90 Å². The third kappa shape index (κ3) is 4.18. The van der Waals surface area contributed by atoms with Crippen molar-refractivity contribution in [3.05, 3.63) is 29.6 Å². The zero-order chi connectivity index (χ0) is 15.9. The number of piperidine rings is 1. The zero-order valence-corrected chi connectivity index (χ0v) is 13.3. The average Bonchev–Trinajstić information content (AvgIpc) is 2.53. The van der Waals surface area contributed by atoms with E-state index in [1.165, 1.54) is 6.07 Å². The number of hydrogen-bond acceptors (Lipinski definition) is 4. The Morgan fingerprint density at radius 2 is 2.14 bits per heavy atom. The lowest BCUT2D eigenvalue weighted by atomic mass is 9.79. The molecule has 1 aromatic rings. The molecule has 0 aliphatic carbocycles. The van der Waals surface area contributed by atoms with E-state index < -0.39 is 0 Å². The second-order valence-corrected chi connectivity index (χ2v) is 5.86. The van der Waals surface area contributed by atoms with Gasteiger partial charge in [-0.1, -0.05) is 0 Å². The van der Waals surface area contributed by atoms with Crippen LogP contribution in [-0.4, -0.2) is 49.4 Å². The Morgan fingerprint density at radius 3 is 2.73 bits per heavy atom. The molecule has 0 saturated carbocycles. The minimum atomic E-state index is -0.241. The van der Waals surface area contributed by atoms with Crippen LogP contribution in [0, 0.1) is 11.7 Å². The molecule has 1 saturated heterocycles. The normalized spacial score (nSPS) is 18.4. The van der Waals surface area contributed by atoms with Gasteiger partial charge in [0.15, 0.2) is 0 Å². The molecule has 124 valence electrons. The predicted molar refractivity (Wildman–Crippen MR) is 85.6 cm³/mol. The molecule has 1 aromatic carbocycles. The van der Waals surface area contributed by atoms with Crippen molar-refractivity contribution in [2.75, 3.05) is 39.4 Å². The quantitative estimate of drug-likeness (QED) is 0.808. The highest BCUT2D eigenvalue weighted by atomic mass is 19.1. The van der Waals surface area contributed by atoms with Gasteiger partial charge in [-0.05, 0) is 63.5 Å². The number of ether oxygens (including phenoxy) is 1. The Kier molecular flexibility index (Phi) is 6.61. The van der Waals surface area contributed by atoms with E-state index in [-0.39, 0.29) is 18.3 Å². The van der Waals surface area contributed by atoms with Gasteiger partial charge in [-0.25, -0.2) is 4.39 Å². The van der Waals surface area contributed by atoms with Gasteiger partial charge in [0.1, 0.15) is 11.6 Å². The molecule has 1 aliphatic rings. The van der Waals surface area contributed by atoms with Gasteiger partial charge in [-0.3, -0.25) is 0 Å². The predicted octanol–water partition coefficient (Wildman–Crippen LogP) is 1.97. The molecule has 22 heavy (non-hydrogen) atoms. The molecule has 1 fully saturated rings. The maximum atomic E-state index is 13.7. The summed E-state index contributed by atoms with van der Waals surface area (Å²) in [5.41, 5.74) is 6.91. The van der Waals surface area contributed by atoms with Crippen LogP contribution in [0.5, 0.6) is 5.75 Å². The summed E-state index contributed by atoms with van der Waals surface area (Å²) in [5, 5.41) is 9.02. The van der Waals surface area contributed by atoms with Gasteiger partial charge >= 0.3 is 0 Å². The number of aliphatic hydroxyl groups excluding tert-OH is 1. The van der Waals surface area contributed by atoms with E-state index in [0.717, 1.165) is 43.8 Å². The summed E-state index contributed by atoms with van der Waals surface area (Å²) in [6.07, 6.45) is 2.04. The molecule has 0 bridgehead atoms. The van der Waals surface area contributed by atoms with Crippen molar-refractivity contribution in [3.63, 3.8) is 0 Å². The van der Waals surface area contributed by atoms with Crippen molar-refractivity contribution < 1.29 is 14.2 Å². The Labute approximate surface area is 132 Å². The molecule has 1 aliphatic heterocycles. The van der Waals surface area contributed by atoms with E-state index in [1.807, 2.05) is 6.92 Å². The molecule has 2 rings (SSSR count). The Morgan fingerprint density at radius 1 is 1.41 bits per heavy atom. The summed E-state index contributed by atoms with van der Waals surface area (Å²) >= 11 is 0. The fraction of sp³-hybridized carbons (Fsp3) is 0.647. The number of benzene rings is 1. The van der Waals surface area contributed by atoms with E-state index in [4.69, 9.17) is 15.6 Å². The number of likely N-dealkylation sites (tertiary alicyclic amines) is 1. The molecule has 4 nitrogen and oxygen atoms in total.